The van der Waals surface area contributed by atoms with Gasteiger partial charge < -0.3 is 9.64 Å². The van der Waals surface area contributed by atoms with E-state index in [0.29, 0.717) is 6.54 Å². The standard InChI is InChI=1S/C16H24N4O5S2/c1-5-26-16(27-6-2)10-8-7-9-19(10)14(21)13-12(20(23)24)11(15(22)25-4)17-18(13)3/h10,16H,5-9H2,1-4H3/t10-/m0/s1. The minimum Gasteiger partial charge on any atom is -0.464 e. The van der Waals surface area contributed by atoms with Crippen LogP contribution in [0, 0.1) is 10.1 Å². The number of likely N-dealkylation sites (tertiary alicyclic amines) is 1. The van der Waals surface area contributed by atoms with Crippen molar-refractivity contribution in [3.63, 3.8) is 0 Å². The van der Waals surface area contributed by atoms with Crippen molar-refractivity contribution in [2.45, 2.75) is 37.3 Å². The number of hydrogen-bond donors (Lipinski definition) is 0. The second-order valence-electron chi connectivity index (χ2n) is 5.91. The maximum absolute atomic E-state index is 13.2. The van der Waals surface area contributed by atoms with Gasteiger partial charge in [-0.2, -0.15) is 5.10 Å². The molecule has 1 aromatic rings. The lowest BCUT2D eigenvalue weighted by atomic mass is 10.2. The average molecular weight is 417 g/mol. The van der Waals surface area contributed by atoms with Crippen LogP contribution in [0.3, 0.4) is 0 Å². The zero-order valence-corrected chi connectivity index (χ0v) is 17.5. The summed E-state index contributed by atoms with van der Waals surface area (Å²) in [6.07, 6.45) is 1.70. The van der Waals surface area contributed by atoms with E-state index in [0.717, 1.165) is 36.1 Å². The molecule has 1 aliphatic rings. The van der Waals surface area contributed by atoms with Gasteiger partial charge in [-0.25, -0.2) is 4.79 Å². The second kappa shape index (κ2) is 9.45. The number of aromatic nitrogens is 2. The third kappa shape index (κ3) is 4.40. The van der Waals surface area contributed by atoms with Gasteiger partial charge in [0.25, 0.3) is 5.91 Å². The van der Waals surface area contributed by atoms with Gasteiger partial charge in [0.15, 0.2) is 0 Å². The maximum atomic E-state index is 13.2. The van der Waals surface area contributed by atoms with Crippen LogP contribution in [-0.2, 0) is 11.8 Å². The Balaban J connectivity index is 2.43. The Bertz CT molecular complexity index is 718. The van der Waals surface area contributed by atoms with Gasteiger partial charge in [-0.15, -0.1) is 23.5 Å². The van der Waals surface area contributed by atoms with E-state index in [1.165, 1.54) is 7.05 Å². The van der Waals surface area contributed by atoms with E-state index < -0.39 is 28.2 Å². The van der Waals surface area contributed by atoms with Crippen molar-refractivity contribution in [1.82, 2.24) is 14.7 Å². The maximum Gasteiger partial charge on any atom is 0.365 e. The number of ether oxygens (including phenoxy) is 1. The smallest absolute Gasteiger partial charge is 0.365 e. The quantitative estimate of drug-likeness (QED) is 0.275. The molecule has 1 fully saturated rings. The summed E-state index contributed by atoms with van der Waals surface area (Å²) in [6.45, 7) is 4.68. The molecule has 0 aliphatic carbocycles. The van der Waals surface area contributed by atoms with Crippen LogP contribution in [0.5, 0.6) is 0 Å². The van der Waals surface area contributed by atoms with Gasteiger partial charge in [0.2, 0.25) is 11.4 Å². The minimum absolute atomic E-state index is 0.0107. The Kier molecular flexibility index (Phi) is 7.54. The molecule has 1 amide bonds. The summed E-state index contributed by atoms with van der Waals surface area (Å²) in [5.74, 6) is 0.450. The molecule has 1 aromatic heterocycles. The van der Waals surface area contributed by atoms with E-state index in [2.05, 4.69) is 23.7 Å². The molecule has 11 heteroatoms. The van der Waals surface area contributed by atoms with Gasteiger partial charge in [0.1, 0.15) is 0 Å². The first-order chi connectivity index (χ1) is 12.9. The number of methoxy groups -OCH3 is 1. The number of rotatable bonds is 8. The summed E-state index contributed by atoms with van der Waals surface area (Å²) in [4.78, 5) is 37.6. The predicted octanol–water partition coefficient (Wildman–Crippen LogP) is 2.55. The molecule has 0 aromatic carbocycles. The Labute approximate surface area is 166 Å². The minimum atomic E-state index is -0.935. The van der Waals surface area contributed by atoms with Crippen LogP contribution >= 0.6 is 23.5 Å². The number of nitrogens with zero attached hydrogens (tertiary/aromatic N) is 4. The molecule has 0 bridgehead atoms. The number of amides is 1. The molecule has 0 spiro atoms. The number of esters is 1. The highest BCUT2D eigenvalue weighted by molar-refractivity contribution is 8.17. The summed E-state index contributed by atoms with van der Waals surface area (Å²) >= 11 is 3.56. The fourth-order valence-electron chi connectivity index (χ4n) is 3.22. The van der Waals surface area contributed by atoms with Crippen molar-refractivity contribution < 1.29 is 19.2 Å². The van der Waals surface area contributed by atoms with Crippen LogP contribution in [0.25, 0.3) is 0 Å². The Morgan fingerprint density at radius 2 is 2.00 bits per heavy atom. The van der Waals surface area contributed by atoms with Crippen LogP contribution in [0.1, 0.15) is 47.7 Å². The summed E-state index contributed by atoms with van der Waals surface area (Å²) in [6, 6.07) is -0.0107. The molecule has 1 aliphatic heterocycles. The van der Waals surface area contributed by atoms with E-state index in [-0.39, 0.29) is 16.3 Å². The molecule has 0 unspecified atom stereocenters. The van der Waals surface area contributed by atoms with Crippen LogP contribution in [0.4, 0.5) is 5.69 Å². The fraction of sp³-hybridized carbons (Fsp3) is 0.688. The van der Waals surface area contributed by atoms with E-state index in [1.807, 2.05) is 0 Å². The average Bonchev–Trinajstić information content (AvgIpc) is 3.24. The van der Waals surface area contributed by atoms with Crippen molar-refractivity contribution in [3.8, 4) is 0 Å². The SMILES string of the molecule is CCSC(SCC)[C@@H]1CCCN1C(=O)c1c([N+](=O)[O-])c(C(=O)OC)nn1C. The summed E-state index contributed by atoms with van der Waals surface area (Å²) in [5.41, 5.74) is -1.23. The van der Waals surface area contributed by atoms with E-state index in [4.69, 9.17) is 0 Å². The summed E-state index contributed by atoms with van der Waals surface area (Å²) in [7, 11) is 2.55. The van der Waals surface area contributed by atoms with E-state index in [9.17, 15) is 19.7 Å². The number of carbonyl (C=O) groups excluding carboxylic acids is 2. The third-order valence-electron chi connectivity index (χ3n) is 4.32. The van der Waals surface area contributed by atoms with Crippen LogP contribution < -0.4 is 0 Å². The lowest BCUT2D eigenvalue weighted by Gasteiger charge is -2.30. The predicted molar refractivity (Wildman–Crippen MR) is 105 cm³/mol. The molecular formula is C16H24N4O5S2. The first kappa shape index (κ1) is 21.5. The lowest BCUT2D eigenvalue weighted by Crippen LogP contribution is -2.41. The van der Waals surface area contributed by atoms with Gasteiger partial charge >= 0.3 is 11.7 Å². The van der Waals surface area contributed by atoms with Crippen molar-refractivity contribution in [1.29, 1.82) is 0 Å². The van der Waals surface area contributed by atoms with E-state index >= 15 is 0 Å². The zero-order chi connectivity index (χ0) is 20.1. The molecule has 150 valence electrons. The topological polar surface area (TPSA) is 108 Å². The van der Waals surface area contributed by atoms with Gasteiger partial charge in [-0.05, 0) is 24.3 Å². The molecule has 9 nitrogen and oxygen atoms in total. The number of nitro groups is 1. The number of thioether (sulfide) groups is 2. The molecule has 0 saturated carbocycles. The molecule has 0 radical (unpaired) electrons. The summed E-state index contributed by atoms with van der Waals surface area (Å²) < 4.78 is 5.89. The third-order valence-corrected chi connectivity index (χ3v) is 7.09. The van der Waals surface area contributed by atoms with Crippen molar-refractivity contribution >= 4 is 41.1 Å². The van der Waals surface area contributed by atoms with Crippen LogP contribution in [0.15, 0.2) is 0 Å². The molecular weight excluding hydrogens is 392 g/mol. The van der Waals surface area contributed by atoms with Crippen molar-refractivity contribution in [3.05, 3.63) is 21.5 Å². The Morgan fingerprint density at radius 1 is 1.37 bits per heavy atom. The monoisotopic (exact) mass is 416 g/mol. The second-order valence-corrected chi connectivity index (χ2v) is 9.04. The molecule has 1 atom stereocenters. The van der Waals surface area contributed by atoms with Crippen molar-refractivity contribution in [2.75, 3.05) is 25.2 Å². The first-order valence-electron chi connectivity index (χ1n) is 8.71. The largest absolute Gasteiger partial charge is 0.464 e. The lowest BCUT2D eigenvalue weighted by molar-refractivity contribution is -0.385. The molecule has 0 N–H and O–H groups in total. The normalized spacial score (nSPS) is 16.8. The zero-order valence-electron chi connectivity index (χ0n) is 15.8. The van der Waals surface area contributed by atoms with Gasteiger partial charge in [-0.3, -0.25) is 19.6 Å². The Hall–Kier alpha value is -1.75. The first-order valence-corrected chi connectivity index (χ1v) is 10.8. The van der Waals surface area contributed by atoms with Gasteiger partial charge in [0.05, 0.1) is 22.7 Å². The highest BCUT2D eigenvalue weighted by Crippen LogP contribution is 2.36. The van der Waals surface area contributed by atoms with Crippen molar-refractivity contribution in [2.24, 2.45) is 7.05 Å². The molecule has 27 heavy (non-hydrogen) atoms. The highest BCUT2D eigenvalue weighted by atomic mass is 32.2. The molecule has 2 rings (SSSR count). The van der Waals surface area contributed by atoms with E-state index in [1.54, 1.807) is 28.4 Å². The van der Waals surface area contributed by atoms with Crippen LogP contribution in [0.2, 0.25) is 0 Å². The number of aryl methyl sites for hydroxylation is 1. The molecule has 1 saturated heterocycles. The Morgan fingerprint density at radius 3 is 2.52 bits per heavy atom. The van der Waals surface area contributed by atoms with Crippen LogP contribution in [-0.4, -0.2) is 67.3 Å². The summed E-state index contributed by atoms with van der Waals surface area (Å²) in [5, 5.41) is 15.5. The molecule has 2 heterocycles. The van der Waals surface area contributed by atoms with Gasteiger partial charge in [0, 0.05) is 13.6 Å². The van der Waals surface area contributed by atoms with Gasteiger partial charge in [-0.1, -0.05) is 13.8 Å². The highest BCUT2D eigenvalue weighted by Gasteiger charge is 2.42. The fourth-order valence-corrected chi connectivity index (χ4v) is 6.09. The number of hydrogen-bond acceptors (Lipinski definition) is 8. The number of carbonyl (C=O) groups is 2.